The molecule has 0 fully saturated rings. The number of nitrogens with one attached hydrogen (secondary N) is 2. The zero-order valence-electron chi connectivity index (χ0n) is 20.1. The van der Waals surface area contributed by atoms with Gasteiger partial charge in [0.25, 0.3) is 0 Å². The number of rotatable bonds is 9. The largest absolute Gasteiger partial charge is 0.494 e. The molecule has 5 rings (SSSR count). The van der Waals surface area contributed by atoms with Crippen molar-refractivity contribution in [2.45, 2.75) is 19.9 Å². The van der Waals surface area contributed by atoms with Gasteiger partial charge >= 0.3 is 0 Å². The molecule has 5 aromatic rings. The summed E-state index contributed by atoms with van der Waals surface area (Å²) in [6.07, 6.45) is 7.61. The Morgan fingerprint density at radius 3 is 2.78 bits per heavy atom. The van der Waals surface area contributed by atoms with Crippen LogP contribution < -0.4 is 14.8 Å². The molecule has 0 amide bonds. The Morgan fingerprint density at radius 2 is 2.00 bits per heavy atom. The molecule has 36 heavy (non-hydrogen) atoms. The molecule has 0 saturated carbocycles. The number of anilines is 1. The number of pyridine rings is 1. The molecule has 0 bridgehead atoms. The van der Waals surface area contributed by atoms with E-state index in [1.807, 2.05) is 32.3 Å². The van der Waals surface area contributed by atoms with Crippen LogP contribution in [0.4, 0.5) is 5.69 Å². The molecule has 0 unspecified atom stereocenters. The number of nitrogens with zero attached hydrogens (tertiary/aromatic N) is 6. The van der Waals surface area contributed by atoms with E-state index in [1.165, 1.54) is 0 Å². The minimum atomic E-state index is -3.43. The smallest absolute Gasteiger partial charge is 0.232 e. The maximum Gasteiger partial charge on any atom is 0.232 e. The van der Waals surface area contributed by atoms with Crippen molar-refractivity contribution in [1.29, 1.82) is 0 Å². The number of methoxy groups -OCH3 is 1. The van der Waals surface area contributed by atoms with Crippen LogP contribution in [0.25, 0.3) is 33.5 Å². The minimum Gasteiger partial charge on any atom is -0.494 e. The SMILES string of the molecule is CCCS(=O)(=O)Nc1ccc(-n2nc(CNC)c3cnc(-c4cnn5cccnc45)cc32)c(OC)c1. The zero-order chi connectivity index (χ0) is 25.3. The highest BCUT2D eigenvalue weighted by Crippen LogP contribution is 2.32. The van der Waals surface area contributed by atoms with Crippen molar-refractivity contribution in [3.8, 4) is 22.7 Å². The van der Waals surface area contributed by atoms with Crippen LogP contribution in [0.3, 0.4) is 0 Å². The van der Waals surface area contributed by atoms with Crippen molar-refractivity contribution < 1.29 is 13.2 Å². The van der Waals surface area contributed by atoms with Gasteiger partial charge in [-0.05, 0) is 37.7 Å². The second kappa shape index (κ2) is 9.55. The summed E-state index contributed by atoms with van der Waals surface area (Å²) in [6, 6.07) is 8.91. The summed E-state index contributed by atoms with van der Waals surface area (Å²) in [7, 11) is -0.0332. The molecule has 0 spiro atoms. The number of hydrogen-bond donors (Lipinski definition) is 2. The van der Waals surface area contributed by atoms with Gasteiger partial charge in [-0.3, -0.25) is 9.71 Å². The second-order valence-corrected chi connectivity index (χ2v) is 10.1. The molecule has 0 aliphatic heterocycles. The van der Waals surface area contributed by atoms with E-state index < -0.39 is 10.0 Å². The topological polar surface area (TPSA) is 128 Å². The lowest BCUT2D eigenvalue weighted by atomic mass is 10.1. The Bertz CT molecular complexity index is 1660. The summed E-state index contributed by atoms with van der Waals surface area (Å²) in [4.78, 5) is 9.13. The van der Waals surface area contributed by atoms with Gasteiger partial charge in [-0.25, -0.2) is 22.6 Å². The van der Waals surface area contributed by atoms with Crippen LogP contribution in [0.2, 0.25) is 0 Å². The number of benzene rings is 1. The van der Waals surface area contributed by atoms with Gasteiger partial charge < -0.3 is 10.1 Å². The molecule has 0 saturated heterocycles. The average Bonchev–Trinajstić information content (AvgIpc) is 3.45. The van der Waals surface area contributed by atoms with Crippen LogP contribution in [0.1, 0.15) is 19.0 Å². The fraction of sp³-hybridized carbons (Fsp3) is 0.250. The molecule has 2 N–H and O–H groups in total. The first kappa shape index (κ1) is 23.7. The van der Waals surface area contributed by atoms with Crippen LogP contribution in [0.15, 0.2) is 55.1 Å². The van der Waals surface area contributed by atoms with Gasteiger partial charge in [0.2, 0.25) is 10.0 Å². The van der Waals surface area contributed by atoms with E-state index in [1.54, 1.807) is 53.1 Å². The van der Waals surface area contributed by atoms with E-state index in [0.29, 0.717) is 41.4 Å². The number of hydrogen-bond acceptors (Lipinski definition) is 8. The Morgan fingerprint density at radius 1 is 1.14 bits per heavy atom. The lowest BCUT2D eigenvalue weighted by Gasteiger charge is -2.13. The minimum absolute atomic E-state index is 0.0441. The van der Waals surface area contributed by atoms with E-state index >= 15 is 0 Å². The molecule has 0 aliphatic carbocycles. The lowest BCUT2D eigenvalue weighted by molar-refractivity contribution is 0.412. The van der Waals surface area contributed by atoms with Crippen molar-refractivity contribution in [3.05, 3.63) is 60.8 Å². The second-order valence-electron chi connectivity index (χ2n) is 8.23. The highest BCUT2D eigenvalue weighted by atomic mass is 32.2. The first-order valence-electron chi connectivity index (χ1n) is 11.4. The number of fused-ring (bicyclic) bond motifs is 2. The summed E-state index contributed by atoms with van der Waals surface area (Å²) in [5, 5.41) is 13.2. The Kier molecular flexibility index (Phi) is 6.29. The quantitative estimate of drug-likeness (QED) is 0.312. The number of ether oxygens (including phenoxy) is 1. The first-order chi connectivity index (χ1) is 17.4. The van der Waals surface area contributed by atoms with E-state index in [9.17, 15) is 8.42 Å². The molecule has 4 heterocycles. The van der Waals surface area contributed by atoms with E-state index in [2.05, 4.69) is 25.1 Å². The van der Waals surface area contributed by atoms with Crippen LogP contribution in [0.5, 0.6) is 5.75 Å². The molecule has 186 valence electrons. The Balaban J connectivity index is 1.65. The third-order valence-corrected chi connectivity index (χ3v) is 7.19. The zero-order valence-corrected chi connectivity index (χ0v) is 21.0. The van der Waals surface area contributed by atoms with Crippen LogP contribution >= 0.6 is 0 Å². The summed E-state index contributed by atoms with van der Waals surface area (Å²) in [6.45, 7) is 2.36. The molecule has 0 radical (unpaired) electrons. The van der Waals surface area contributed by atoms with Gasteiger partial charge in [-0.1, -0.05) is 6.92 Å². The van der Waals surface area contributed by atoms with E-state index in [-0.39, 0.29) is 5.75 Å². The molecule has 12 heteroatoms. The highest BCUT2D eigenvalue weighted by molar-refractivity contribution is 7.92. The number of aromatic nitrogens is 6. The maximum atomic E-state index is 12.3. The van der Waals surface area contributed by atoms with Crippen LogP contribution in [0, 0.1) is 0 Å². The molecular formula is C24H26N8O3S. The van der Waals surface area contributed by atoms with Crippen LogP contribution in [-0.2, 0) is 16.6 Å². The third-order valence-electron chi connectivity index (χ3n) is 5.70. The summed E-state index contributed by atoms with van der Waals surface area (Å²) in [5.74, 6) is 0.519. The van der Waals surface area contributed by atoms with Crippen molar-refractivity contribution in [2.24, 2.45) is 0 Å². The Hall–Kier alpha value is -4.03. The molecule has 4 aromatic heterocycles. The maximum absolute atomic E-state index is 12.3. The fourth-order valence-electron chi connectivity index (χ4n) is 4.12. The van der Waals surface area contributed by atoms with Gasteiger partial charge in [-0.2, -0.15) is 10.2 Å². The van der Waals surface area contributed by atoms with Gasteiger partial charge in [-0.15, -0.1) is 0 Å². The van der Waals surface area contributed by atoms with Crippen molar-refractivity contribution in [3.63, 3.8) is 0 Å². The summed E-state index contributed by atoms with van der Waals surface area (Å²) in [5.41, 5.74) is 4.93. The molecule has 0 aliphatic rings. The third kappa shape index (κ3) is 4.36. The van der Waals surface area contributed by atoms with Crippen LogP contribution in [-0.4, -0.2) is 57.7 Å². The lowest BCUT2D eigenvalue weighted by Crippen LogP contribution is -2.16. The predicted octanol–water partition coefficient (Wildman–Crippen LogP) is 3.01. The predicted molar refractivity (Wildman–Crippen MR) is 138 cm³/mol. The van der Waals surface area contributed by atoms with Crippen molar-refractivity contribution in [1.82, 2.24) is 34.7 Å². The van der Waals surface area contributed by atoms with Gasteiger partial charge in [0.1, 0.15) is 11.4 Å². The normalized spacial score (nSPS) is 11.9. The number of sulfonamides is 1. The fourth-order valence-corrected chi connectivity index (χ4v) is 5.25. The average molecular weight is 507 g/mol. The monoisotopic (exact) mass is 506 g/mol. The molecular weight excluding hydrogens is 480 g/mol. The van der Waals surface area contributed by atoms with Gasteiger partial charge in [0.15, 0.2) is 5.65 Å². The standard InChI is InChI=1S/C24H26N8O3S/c1-4-10-36(33,34)30-16-6-7-21(23(11-16)35-3)32-22-12-19(27-13-17(22)20(29-32)15-25-2)18-14-28-31-9-5-8-26-24(18)31/h5-9,11-14,25,30H,4,10,15H2,1-3H3. The van der Waals surface area contributed by atoms with Crippen molar-refractivity contribution >= 4 is 32.3 Å². The molecule has 11 nitrogen and oxygen atoms in total. The molecule has 0 atom stereocenters. The Labute approximate surface area is 208 Å². The van der Waals surface area contributed by atoms with Gasteiger partial charge in [0.05, 0.1) is 47.2 Å². The van der Waals surface area contributed by atoms with Gasteiger partial charge in [0, 0.05) is 36.6 Å². The highest BCUT2D eigenvalue weighted by Gasteiger charge is 2.19. The summed E-state index contributed by atoms with van der Waals surface area (Å²) >= 11 is 0. The van der Waals surface area contributed by atoms with Crippen molar-refractivity contribution in [2.75, 3.05) is 24.6 Å². The van der Waals surface area contributed by atoms with E-state index in [4.69, 9.17) is 9.84 Å². The summed E-state index contributed by atoms with van der Waals surface area (Å²) < 4.78 is 36.2. The first-order valence-corrected chi connectivity index (χ1v) is 13.1. The molecule has 1 aromatic carbocycles. The van der Waals surface area contributed by atoms with E-state index in [0.717, 1.165) is 22.2 Å².